The van der Waals surface area contributed by atoms with E-state index in [0.717, 1.165) is 6.07 Å². The zero-order valence-electron chi connectivity index (χ0n) is 11.3. The normalized spacial score (nSPS) is 9.76. The van der Waals surface area contributed by atoms with Gasteiger partial charge in [-0.25, -0.2) is 4.39 Å². The SMILES string of the molecule is COc1ccccc1C(=O)COc1cccc(F)c1C#N. The number of nitrogens with zero attached hydrogens (tertiary/aromatic N) is 1. The van der Waals surface area contributed by atoms with Gasteiger partial charge >= 0.3 is 0 Å². The number of carbonyl (C=O) groups excluding carboxylic acids is 1. The predicted molar refractivity (Wildman–Crippen MR) is 73.9 cm³/mol. The molecule has 0 fully saturated rings. The van der Waals surface area contributed by atoms with Crippen molar-refractivity contribution < 1.29 is 18.7 Å². The average molecular weight is 285 g/mol. The number of hydrogen-bond donors (Lipinski definition) is 0. The molecule has 0 aromatic heterocycles. The van der Waals surface area contributed by atoms with Gasteiger partial charge in [-0.1, -0.05) is 18.2 Å². The van der Waals surface area contributed by atoms with Gasteiger partial charge in [0.15, 0.2) is 6.61 Å². The minimum Gasteiger partial charge on any atom is -0.496 e. The van der Waals surface area contributed by atoms with E-state index in [1.54, 1.807) is 30.3 Å². The summed E-state index contributed by atoms with van der Waals surface area (Å²) in [4.78, 5) is 12.1. The Kier molecular flexibility index (Phi) is 4.52. The van der Waals surface area contributed by atoms with Crippen molar-refractivity contribution in [2.24, 2.45) is 0 Å². The molecule has 2 rings (SSSR count). The van der Waals surface area contributed by atoms with Gasteiger partial charge < -0.3 is 9.47 Å². The number of rotatable bonds is 5. The van der Waals surface area contributed by atoms with Crippen molar-refractivity contribution in [3.8, 4) is 17.6 Å². The van der Waals surface area contributed by atoms with Crippen LogP contribution in [0.4, 0.5) is 4.39 Å². The fourth-order valence-electron chi connectivity index (χ4n) is 1.83. The molecule has 0 aliphatic rings. The molecular formula is C16H12FNO3. The number of nitriles is 1. The van der Waals surface area contributed by atoms with Crippen molar-refractivity contribution in [3.63, 3.8) is 0 Å². The molecule has 2 aromatic rings. The number of carbonyl (C=O) groups is 1. The molecule has 0 unspecified atom stereocenters. The Morgan fingerprint density at radius 1 is 1.19 bits per heavy atom. The lowest BCUT2D eigenvalue weighted by Gasteiger charge is -2.09. The van der Waals surface area contributed by atoms with Crippen LogP contribution in [-0.2, 0) is 0 Å². The number of hydrogen-bond acceptors (Lipinski definition) is 4. The summed E-state index contributed by atoms with van der Waals surface area (Å²) in [5.41, 5.74) is 0.153. The van der Waals surface area contributed by atoms with Crippen molar-refractivity contribution >= 4 is 5.78 Å². The number of ether oxygens (including phenoxy) is 2. The second kappa shape index (κ2) is 6.53. The molecule has 0 N–H and O–H groups in total. The minimum absolute atomic E-state index is 0.0424. The number of para-hydroxylation sites is 1. The Morgan fingerprint density at radius 3 is 2.62 bits per heavy atom. The van der Waals surface area contributed by atoms with E-state index in [1.807, 2.05) is 0 Å². The molecule has 0 radical (unpaired) electrons. The van der Waals surface area contributed by atoms with E-state index >= 15 is 0 Å². The van der Waals surface area contributed by atoms with E-state index in [9.17, 15) is 9.18 Å². The highest BCUT2D eigenvalue weighted by atomic mass is 19.1. The van der Waals surface area contributed by atoms with Crippen LogP contribution in [0.3, 0.4) is 0 Å². The molecule has 0 bridgehead atoms. The first-order valence-corrected chi connectivity index (χ1v) is 6.15. The zero-order valence-corrected chi connectivity index (χ0v) is 11.3. The third kappa shape index (κ3) is 3.18. The summed E-state index contributed by atoms with van der Waals surface area (Å²) in [6.07, 6.45) is 0. The largest absolute Gasteiger partial charge is 0.496 e. The van der Waals surface area contributed by atoms with E-state index in [0.29, 0.717) is 11.3 Å². The quantitative estimate of drug-likeness (QED) is 0.792. The van der Waals surface area contributed by atoms with Gasteiger partial charge in [0.2, 0.25) is 5.78 Å². The summed E-state index contributed by atoms with van der Waals surface area (Å²) in [5.74, 6) is -0.521. The molecule has 2 aromatic carbocycles. The summed E-state index contributed by atoms with van der Waals surface area (Å²) in [5, 5.41) is 8.89. The highest BCUT2D eigenvalue weighted by Crippen LogP contribution is 2.22. The fourth-order valence-corrected chi connectivity index (χ4v) is 1.83. The summed E-state index contributed by atoms with van der Waals surface area (Å²) < 4.78 is 23.8. The van der Waals surface area contributed by atoms with Gasteiger partial charge in [-0.05, 0) is 24.3 Å². The maximum absolute atomic E-state index is 13.4. The van der Waals surface area contributed by atoms with Crippen LogP contribution in [0.1, 0.15) is 15.9 Å². The maximum Gasteiger partial charge on any atom is 0.203 e. The molecule has 0 amide bonds. The number of ketones is 1. The smallest absolute Gasteiger partial charge is 0.203 e. The topological polar surface area (TPSA) is 59.3 Å². The van der Waals surface area contributed by atoms with Crippen molar-refractivity contribution in [2.45, 2.75) is 0 Å². The number of methoxy groups -OCH3 is 1. The molecule has 0 aliphatic heterocycles. The molecule has 106 valence electrons. The molecular weight excluding hydrogens is 273 g/mol. The molecule has 0 aliphatic carbocycles. The standard InChI is InChI=1S/C16H12FNO3/c1-20-15-7-3-2-5-11(15)14(19)10-21-16-8-4-6-13(17)12(16)9-18/h2-8H,10H2,1H3. The number of benzene rings is 2. The van der Waals surface area contributed by atoms with Gasteiger partial charge in [-0.3, -0.25) is 4.79 Å². The van der Waals surface area contributed by atoms with Crippen molar-refractivity contribution in [2.75, 3.05) is 13.7 Å². The van der Waals surface area contributed by atoms with E-state index in [2.05, 4.69) is 0 Å². The lowest BCUT2D eigenvalue weighted by molar-refractivity contribution is 0.0918. The maximum atomic E-state index is 13.4. The van der Waals surface area contributed by atoms with E-state index in [1.165, 1.54) is 19.2 Å². The molecule has 0 spiro atoms. The van der Waals surface area contributed by atoms with Crippen molar-refractivity contribution in [1.82, 2.24) is 0 Å². The van der Waals surface area contributed by atoms with Crippen LogP contribution in [0.2, 0.25) is 0 Å². The Balaban J connectivity index is 2.16. The highest BCUT2D eigenvalue weighted by molar-refractivity contribution is 5.99. The first-order valence-electron chi connectivity index (χ1n) is 6.15. The molecule has 5 heteroatoms. The second-order valence-electron chi connectivity index (χ2n) is 4.14. The monoisotopic (exact) mass is 285 g/mol. The highest BCUT2D eigenvalue weighted by Gasteiger charge is 2.14. The second-order valence-corrected chi connectivity index (χ2v) is 4.14. The zero-order chi connectivity index (χ0) is 15.2. The van der Waals surface area contributed by atoms with Gasteiger partial charge in [0.1, 0.15) is 28.9 Å². The van der Waals surface area contributed by atoms with Crippen LogP contribution in [0.25, 0.3) is 0 Å². The fraction of sp³-hybridized carbons (Fsp3) is 0.125. The lowest BCUT2D eigenvalue weighted by atomic mass is 10.1. The van der Waals surface area contributed by atoms with E-state index < -0.39 is 5.82 Å². The summed E-state index contributed by atoms with van der Waals surface area (Å²) >= 11 is 0. The predicted octanol–water partition coefficient (Wildman–Crippen LogP) is 2.97. The summed E-state index contributed by atoms with van der Waals surface area (Å²) in [6.45, 7) is -0.307. The molecule has 0 heterocycles. The van der Waals surface area contributed by atoms with Crippen LogP contribution >= 0.6 is 0 Å². The molecule has 21 heavy (non-hydrogen) atoms. The van der Waals surface area contributed by atoms with Crippen LogP contribution in [0.5, 0.6) is 11.5 Å². The van der Waals surface area contributed by atoms with Gasteiger partial charge in [-0.15, -0.1) is 0 Å². The molecule has 0 saturated heterocycles. The number of Topliss-reactive ketones (excluding diaryl/α,β-unsaturated/α-hetero) is 1. The first-order chi connectivity index (χ1) is 10.2. The van der Waals surface area contributed by atoms with Crippen LogP contribution in [-0.4, -0.2) is 19.5 Å². The minimum atomic E-state index is -0.681. The summed E-state index contributed by atoms with van der Waals surface area (Å²) in [7, 11) is 1.47. The van der Waals surface area contributed by atoms with Crippen molar-refractivity contribution in [3.05, 3.63) is 59.4 Å². The van der Waals surface area contributed by atoms with Gasteiger partial charge in [-0.2, -0.15) is 5.26 Å². The Labute approximate surface area is 121 Å². The lowest BCUT2D eigenvalue weighted by Crippen LogP contribution is -2.13. The van der Waals surface area contributed by atoms with Crippen LogP contribution < -0.4 is 9.47 Å². The molecule has 0 atom stereocenters. The van der Waals surface area contributed by atoms with E-state index in [-0.39, 0.29) is 23.7 Å². The van der Waals surface area contributed by atoms with Crippen LogP contribution in [0.15, 0.2) is 42.5 Å². The van der Waals surface area contributed by atoms with Crippen LogP contribution in [0, 0.1) is 17.1 Å². The number of halogens is 1. The third-order valence-electron chi connectivity index (χ3n) is 2.85. The first kappa shape index (κ1) is 14.5. The Morgan fingerprint density at radius 2 is 1.90 bits per heavy atom. The van der Waals surface area contributed by atoms with E-state index in [4.69, 9.17) is 14.7 Å². The Hall–Kier alpha value is -2.87. The molecule has 0 saturated carbocycles. The van der Waals surface area contributed by atoms with Gasteiger partial charge in [0.05, 0.1) is 12.7 Å². The average Bonchev–Trinajstić information content (AvgIpc) is 2.52. The molecule has 4 nitrogen and oxygen atoms in total. The van der Waals surface area contributed by atoms with Crippen molar-refractivity contribution in [1.29, 1.82) is 5.26 Å². The van der Waals surface area contributed by atoms with Gasteiger partial charge in [0.25, 0.3) is 0 Å². The summed E-state index contributed by atoms with van der Waals surface area (Å²) in [6, 6.07) is 12.5. The third-order valence-corrected chi connectivity index (χ3v) is 2.85. The Bertz CT molecular complexity index is 707. The van der Waals surface area contributed by atoms with Gasteiger partial charge in [0, 0.05) is 0 Å².